The maximum atomic E-state index is 11.7. The number of fused-ring (bicyclic) bond motifs is 3. The van der Waals surface area contributed by atoms with Gasteiger partial charge >= 0.3 is 5.97 Å². The van der Waals surface area contributed by atoms with Crippen molar-refractivity contribution in [1.82, 2.24) is 4.90 Å². The lowest BCUT2D eigenvalue weighted by Gasteiger charge is -2.38. The van der Waals surface area contributed by atoms with Gasteiger partial charge in [0.2, 0.25) is 0 Å². The van der Waals surface area contributed by atoms with Gasteiger partial charge in [0, 0.05) is 24.4 Å². The van der Waals surface area contributed by atoms with E-state index in [4.69, 9.17) is 0 Å². The number of carboxylic acid groups (broad SMARTS) is 1. The number of carbonyl (C=O) groups is 1. The van der Waals surface area contributed by atoms with Crippen molar-refractivity contribution in [3.63, 3.8) is 0 Å². The van der Waals surface area contributed by atoms with Crippen LogP contribution >= 0.6 is 0 Å². The van der Waals surface area contributed by atoms with Crippen molar-refractivity contribution in [2.45, 2.75) is 89.1 Å². The van der Waals surface area contributed by atoms with Crippen LogP contribution < -0.4 is 0 Å². The Morgan fingerprint density at radius 2 is 2.11 bits per heavy atom. The normalized spacial score (nSPS) is 38.1. The Hall–Kier alpha value is -1.35. The van der Waals surface area contributed by atoms with Gasteiger partial charge in [-0.1, -0.05) is 19.1 Å². The zero-order valence-electron chi connectivity index (χ0n) is 16.4. The first-order valence-electron chi connectivity index (χ1n) is 10.4. The van der Waals surface area contributed by atoms with E-state index in [2.05, 4.69) is 16.7 Å². The van der Waals surface area contributed by atoms with Gasteiger partial charge in [-0.05, 0) is 57.3 Å². The topological polar surface area (TPSA) is 81.0 Å². The second-order valence-electron chi connectivity index (χ2n) is 8.55. The van der Waals surface area contributed by atoms with Crippen LogP contribution in [0.4, 0.5) is 0 Å². The molecular weight excluding hydrogens is 342 g/mol. The van der Waals surface area contributed by atoms with E-state index in [-0.39, 0.29) is 23.8 Å². The molecule has 0 bridgehead atoms. The van der Waals surface area contributed by atoms with Gasteiger partial charge in [-0.25, -0.2) is 0 Å². The molecule has 0 aromatic carbocycles. The first-order chi connectivity index (χ1) is 12.9. The third kappa shape index (κ3) is 4.23. The summed E-state index contributed by atoms with van der Waals surface area (Å²) in [5.41, 5.74) is 0. The average molecular weight is 376 g/mol. The van der Waals surface area contributed by atoms with Gasteiger partial charge in [-0.2, -0.15) is 0 Å². The molecule has 2 saturated heterocycles. The molecule has 27 heavy (non-hydrogen) atoms. The number of aliphatic hydroxyl groups is 2. The maximum Gasteiger partial charge on any atom is 0.320 e. The molecule has 1 aliphatic carbocycles. The lowest BCUT2D eigenvalue weighted by molar-refractivity contribution is -0.146. The number of piperidine rings is 1. The van der Waals surface area contributed by atoms with E-state index >= 15 is 0 Å². The molecule has 0 amide bonds. The molecule has 0 spiro atoms. The number of nitrogens with zero attached hydrogens (tertiary/aromatic N) is 1. The van der Waals surface area contributed by atoms with Crippen molar-refractivity contribution >= 4 is 5.97 Å². The van der Waals surface area contributed by atoms with Gasteiger partial charge in [-0.15, -0.1) is 11.8 Å². The van der Waals surface area contributed by atoms with Crippen molar-refractivity contribution < 1.29 is 20.1 Å². The van der Waals surface area contributed by atoms with E-state index in [0.29, 0.717) is 18.9 Å². The summed E-state index contributed by atoms with van der Waals surface area (Å²) < 4.78 is 0. The Kier molecular flexibility index (Phi) is 6.62. The van der Waals surface area contributed by atoms with Gasteiger partial charge in [0.25, 0.3) is 0 Å². The van der Waals surface area contributed by atoms with Crippen LogP contribution in [0.25, 0.3) is 0 Å². The molecule has 5 nitrogen and oxygen atoms in total. The highest BCUT2D eigenvalue weighted by Gasteiger charge is 2.54. The highest BCUT2D eigenvalue weighted by Crippen LogP contribution is 2.49. The molecule has 4 unspecified atom stereocenters. The van der Waals surface area contributed by atoms with Crippen LogP contribution in [0.3, 0.4) is 0 Å². The van der Waals surface area contributed by atoms with Crippen molar-refractivity contribution in [2.75, 3.05) is 0 Å². The lowest BCUT2D eigenvalue weighted by Crippen LogP contribution is -2.51. The fraction of sp³-hybridized carbons (Fsp3) is 0.773. The van der Waals surface area contributed by atoms with Gasteiger partial charge in [0.05, 0.1) is 12.2 Å². The summed E-state index contributed by atoms with van der Waals surface area (Å²) in [6.07, 6.45) is 8.81. The van der Waals surface area contributed by atoms with Crippen LogP contribution in [-0.2, 0) is 4.79 Å². The fourth-order valence-corrected chi connectivity index (χ4v) is 5.48. The molecule has 0 aromatic heterocycles. The van der Waals surface area contributed by atoms with Crippen molar-refractivity contribution in [3.8, 4) is 11.8 Å². The number of hydrogen-bond acceptors (Lipinski definition) is 4. The summed E-state index contributed by atoms with van der Waals surface area (Å²) in [6, 6.07) is 0.0733. The number of hydrogen-bond donors (Lipinski definition) is 3. The number of aliphatic carboxylic acids is 1. The number of carboxylic acids is 1. The molecular formula is C22H33NO4. The summed E-state index contributed by atoms with van der Waals surface area (Å²) in [4.78, 5) is 13.9. The Morgan fingerprint density at radius 1 is 1.33 bits per heavy atom. The third-order valence-corrected chi connectivity index (χ3v) is 6.94. The van der Waals surface area contributed by atoms with E-state index in [0.717, 1.165) is 32.1 Å². The van der Waals surface area contributed by atoms with Crippen LogP contribution in [0, 0.1) is 29.6 Å². The predicted molar refractivity (Wildman–Crippen MR) is 104 cm³/mol. The minimum Gasteiger partial charge on any atom is -0.480 e. The molecule has 0 radical (unpaired) electrons. The van der Waals surface area contributed by atoms with E-state index in [1.807, 2.05) is 26.0 Å². The van der Waals surface area contributed by atoms with Crippen molar-refractivity contribution in [3.05, 3.63) is 12.2 Å². The maximum absolute atomic E-state index is 11.7. The van der Waals surface area contributed by atoms with E-state index in [1.165, 1.54) is 0 Å². The molecule has 2 heterocycles. The SMILES string of the molecule is CC#CCCC(C)[C@H](O)C=C[C@H]1[C@H](O)CC2[C@@H]1CC1CCCC(C(=O)O)N12. The Morgan fingerprint density at radius 3 is 2.81 bits per heavy atom. The van der Waals surface area contributed by atoms with Gasteiger partial charge in [-0.3, -0.25) is 9.69 Å². The van der Waals surface area contributed by atoms with Crippen LogP contribution in [0.5, 0.6) is 0 Å². The van der Waals surface area contributed by atoms with Crippen molar-refractivity contribution in [2.24, 2.45) is 17.8 Å². The summed E-state index contributed by atoms with van der Waals surface area (Å²) in [7, 11) is 0. The first kappa shape index (κ1) is 20.4. The largest absolute Gasteiger partial charge is 0.480 e. The van der Waals surface area contributed by atoms with Crippen LogP contribution in [0.2, 0.25) is 0 Å². The standard InChI is InChI=1S/C22H33NO4/c1-3-4-5-7-14(2)20(24)11-10-16-17-12-15-8-6-9-18(22(26)27)23(15)19(17)13-21(16)25/h10-11,14-21,24-25H,5-9,12-13H2,1-2H3,(H,26,27)/t14?,15?,16-,17-,18?,19?,20-,21-/m1/s1. The van der Waals surface area contributed by atoms with Gasteiger partial charge in [0.1, 0.15) is 6.04 Å². The van der Waals surface area contributed by atoms with Crippen LogP contribution in [-0.4, -0.2) is 56.5 Å². The average Bonchev–Trinajstić information content (AvgIpc) is 3.14. The van der Waals surface area contributed by atoms with E-state index < -0.39 is 24.2 Å². The van der Waals surface area contributed by atoms with Crippen LogP contribution in [0.15, 0.2) is 12.2 Å². The fourth-order valence-electron chi connectivity index (χ4n) is 5.48. The quantitative estimate of drug-likeness (QED) is 0.491. The minimum absolute atomic E-state index is 0.00679. The Balaban J connectivity index is 1.65. The van der Waals surface area contributed by atoms with E-state index in [9.17, 15) is 20.1 Å². The summed E-state index contributed by atoms with van der Waals surface area (Å²) in [6.45, 7) is 3.84. The second-order valence-corrected chi connectivity index (χ2v) is 8.55. The molecule has 3 N–H and O–H groups in total. The predicted octanol–water partition coefficient (Wildman–Crippen LogP) is 2.42. The summed E-state index contributed by atoms with van der Waals surface area (Å²) in [5.74, 6) is 5.60. The van der Waals surface area contributed by atoms with Gasteiger partial charge in [0.15, 0.2) is 0 Å². The van der Waals surface area contributed by atoms with Crippen molar-refractivity contribution in [1.29, 1.82) is 0 Å². The molecule has 5 heteroatoms. The van der Waals surface area contributed by atoms with Gasteiger partial charge < -0.3 is 15.3 Å². The zero-order chi connectivity index (χ0) is 19.6. The van der Waals surface area contributed by atoms with Crippen LogP contribution in [0.1, 0.15) is 58.8 Å². The zero-order valence-corrected chi connectivity index (χ0v) is 16.4. The summed E-state index contributed by atoms with van der Waals surface area (Å²) in [5, 5.41) is 30.6. The highest BCUT2D eigenvalue weighted by atomic mass is 16.4. The molecule has 0 aromatic rings. The molecule has 8 atom stereocenters. The second kappa shape index (κ2) is 8.77. The lowest BCUT2D eigenvalue weighted by atomic mass is 9.88. The molecule has 2 aliphatic heterocycles. The smallest absolute Gasteiger partial charge is 0.320 e. The number of rotatable bonds is 6. The molecule has 1 saturated carbocycles. The molecule has 3 fully saturated rings. The third-order valence-electron chi connectivity index (χ3n) is 6.94. The molecule has 150 valence electrons. The minimum atomic E-state index is -0.728. The molecule has 3 aliphatic rings. The summed E-state index contributed by atoms with van der Waals surface area (Å²) >= 11 is 0. The molecule has 3 rings (SSSR count). The Labute approximate surface area is 162 Å². The number of aliphatic hydroxyl groups excluding tert-OH is 2. The monoisotopic (exact) mass is 375 g/mol. The highest BCUT2D eigenvalue weighted by molar-refractivity contribution is 5.73. The van der Waals surface area contributed by atoms with E-state index in [1.54, 1.807) is 0 Å². The Bertz CT molecular complexity index is 622. The first-order valence-corrected chi connectivity index (χ1v) is 10.4.